The number of amides is 2. The Labute approximate surface area is 107 Å². The molecule has 1 unspecified atom stereocenters. The second-order valence-corrected chi connectivity index (χ2v) is 4.44. The minimum Gasteiger partial charge on any atom is -0.370 e. The molecule has 1 rings (SSSR count). The maximum Gasteiger partial charge on any atom is 0.225 e. The first-order valence-corrected chi connectivity index (χ1v) is 5.93. The van der Waals surface area contributed by atoms with Gasteiger partial charge in [-0.05, 0) is 24.1 Å². The van der Waals surface area contributed by atoms with Crippen LogP contribution in [0.25, 0.3) is 0 Å². The Morgan fingerprint density at radius 3 is 2.56 bits per heavy atom. The molecule has 0 aliphatic heterocycles. The van der Waals surface area contributed by atoms with Gasteiger partial charge in [-0.2, -0.15) is 0 Å². The van der Waals surface area contributed by atoms with Gasteiger partial charge in [0, 0.05) is 38.3 Å². The van der Waals surface area contributed by atoms with E-state index in [9.17, 15) is 9.59 Å². The molecule has 0 aliphatic carbocycles. The molecule has 1 aromatic heterocycles. The van der Waals surface area contributed by atoms with Crippen LogP contribution in [0.5, 0.6) is 0 Å². The average Bonchev–Trinajstić information content (AvgIpc) is 2.35. The third-order valence-corrected chi connectivity index (χ3v) is 2.79. The van der Waals surface area contributed by atoms with Crippen molar-refractivity contribution in [2.24, 2.45) is 11.7 Å². The molecule has 5 nitrogen and oxygen atoms in total. The van der Waals surface area contributed by atoms with Gasteiger partial charge in [-0.25, -0.2) is 0 Å². The van der Waals surface area contributed by atoms with Gasteiger partial charge >= 0.3 is 0 Å². The number of hydrogen-bond acceptors (Lipinski definition) is 3. The SMILES string of the molecule is CC(CC(N)=O)C(=O)N(C)CCc1ccncc1. The molecule has 18 heavy (non-hydrogen) atoms. The summed E-state index contributed by atoms with van der Waals surface area (Å²) in [6, 6.07) is 3.84. The number of hydrogen-bond donors (Lipinski definition) is 1. The van der Waals surface area contributed by atoms with Crippen LogP contribution in [0.4, 0.5) is 0 Å². The van der Waals surface area contributed by atoms with Gasteiger partial charge in [0.1, 0.15) is 0 Å². The highest BCUT2D eigenvalue weighted by molar-refractivity contribution is 5.84. The van der Waals surface area contributed by atoms with Crippen molar-refractivity contribution >= 4 is 11.8 Å². The van der Waals surface area contributed by atoms with Crippen molar-refractivity contribution < 1.29 is 9.59 Å². The van der Waals surface area contributed by atoms with Crippen LogP contribution in [0.3, 0.4) is 0 Å². The van der Waals surface area contributed by atoms with E-state index >= 15 is 0 Å². The average molecular weight is 249 g/mol. The molecule has 0 fully saturated rings. The number of pyridine rings is 1. The van der Waals surface area contributed by atoms with Gasteiger partial charge in [-0.15, -0.1) is 0 Å². The third-order valence-electron chi connectivity index (χ3n) is 2.79. The monoisotopic (exact) mass is 249 g/mol. The summed E-state index contributed by atoms with van der Waals surface area (Å²) in [6.45, 7) is 2.34. The highest BCUT2D eigenvalue weighted by Crippen LogP contribution is 2.07. The van der Waals surface area contributed by atoms with E-state index in [2.05, 4.69) is 4.98 Å². The van der Waals surface area contributed by atoms with Crippen molar-refractivity contribution in [1.82, 2.24) is 9.88 Å². The van der Waals surface area contributed by atoms with E-state index in [-0.39, 0.29) is 18.2 Å². The van der Waals surface area contributed by atoms with E-state index in [0.717, 1.165) is 12.0 Å². The van der Waals surface area contributed by atoms with E-state index in [1.54, 1.807) is 31.3 Å². The van der Waals surface area contributed by atoms with Crippen LogP contribution in [-0.2, 0) is 16.0 Å². The molecule has 0 spiro atoms. The number of carbonyl (C=O) groups excluding carboxylic acids is 2. The van der Waals surface area contributed by atoms with E-state index in [1.165, 1.54) is 0 Å². The van der Waals surface area contributed by atoms with Crippen LogP contribution >= 0.6 is 0 Å². The fourth-order valence-corrected chi connectivity index (χ4v) is 1.72. The van der Waals surface area contributed by atoms with Gasteiger partial charge in [0.25, 0.3) is 0 Å². The molecule has 0 saturated carbocycles. The van der Waals surface area contributed by atoms with Crippen molar-refractivity contribution in [3.63, 3.8) is 0 Å². The Kier molecular flexibility index (Phi) is 5.30. The summed E-state index contributed by atoms with van der Waals surface area (Å²) in [7, 11) is 1.74. The molecule has 0 radical (unpaired) electrons. The molecule has 1 aromatic rings. The van der Waals surface area contributed by atoms with Crippen LogP contribution in [0, 0.1) is 5.92 Å². The van der Waals surface area contributed by atoms with Crippen LogP contribution in [0.1, 0.15) is 18.9 Å². The fraction of sp³-hybridized carbons (Fsp3) is 0.462. The van der Waals surface area contributed by atoms with E-state index in [0.29, 0.717) is 6.54 Å². The zero-order valence-corrected chi connectivity index (χ0v) is 10.8. The van der Waals surface area contributed by atoms with Crippen LogP contribution in [0.2, 0.25) is 0 Å². The van der Waals surface area contributed by atoms with E-state index < -0.39 is 5.91 Å². The molecule has 0 bridgehead atoms. The molecule has 0 saturated heterocycles. The van der Waals surface area contributed by atoms with Crippen molar-refractivity contribution in [2.75, 3.05) is 13.6 Å². The largest absolute Gasteiger partial charge is 0.370 e. The van der Waals surface area contributed by atoms with Crippen molar-refractivity contribution in [3.05, 3.63) is 30.1 Å². The van der Waals surface area contributed by atoms with Gasteiger partial charge in [0.05, 0.1) is 0 Å². The Bertz CT molecular complexity index is 406. The molecule has 0 aliphatic rings. The zero-order chi connectivity index (χ0) is 13.5. The molecule has 0 aromatic carbocycles. The number of likely N-dealkylation sites (N-methyl/N-ethyl adjacent to an activating group) is 1. The van der Waals surface area contributed by atoms with Crippen LogP contribution in [0.15, 0.2) is 24.5 Å². The summed E-state index contributed by atoms with van der Waals surface area (Å²) in [5.74, 6) is -0.855. The lowest BCUT2D eigenvalue weighted by Gasteiger charge is -2.20. The number of primary amides is 1. The van der Waals surface area contributed by atoms with Crippen LogP contribution in [-0.4, -0.2) is 35.3 Å². The molecule has 1 atom stereocenters. The summed E-state index contributed by atoms with van der Waals surface area (Å²) in [5.41, 5.74) is 6.21. The molecular weight excluding hydrogens is 230 g/mol. The first-order valence-electron chi connectivity index (χ1n) is 5.93. The molecule has 2 amide bonds. The second-order valence-electron chi connectivity index (χ2n) is 4.44. The van der Waals surface area contributed by atoms with Crippen molar-refractivity contribution in [2.45, 2.75) is 19.8 Å². The highest BCUT2D eigenvalue weighted by atomic mass is 16.2. The summed E-state index contributed by atoms with van der Waals surface area (Å²) in [6.07, 6.45) is 4.33. The Morgan fingerprint density at radius 1 is 1.39 bits per heavy atom. The highest BCUT2D eigenvalue weighted by Gasteiger charge is 2.18. The maximum absolute atomic E-state index is 11.9. The number of rotatable bonds is 6. The Balaban J connectivity index is 2.43. The summed E-state index contributed by atoms with van der Waals surface area (Å²) in [5, 5.41) is 0. The van der Waals surface area contributed by atoms with Crippen molar-refractivity contribution in [1.29, 1.82) is 0 Å². The maximum atomic E-state index is 11.9. The van der Waals surface area contributed by atoms with Gasteiger partial charge in [-0.1, -0.05) is 6.92 Å². The molecule has 5 heteroatoms. The predicted molar refractivity (Wildman–Crippen MR) is 68.6 cm³/mol. The first-order chi connectivity index (χ1) is 8.50. The summed E-state index contributed by atoms with van der Waals surface area (Å²) in [4.78, 5) is 28.2. The smallest absolute Gasteiger partial charge is 0.225 e. The lowest BCUT2D eigenvalue weighted by Crippen LogP contribution is -2.35. The second kappa shape index (κ2) is 6.74. The van der Waals surface area contributed by atoms with Gasteiger partial charge in [-0.3, -0.25) is 14.6 Å². The molecular formula is C13H19N3O2. The number of nitrogens with two attached hydrogens (primary N) is 1. The fourth-order valence-electron chi connectivity index (χ4n) is 1.72. The number of aromatic nitrogens is 1. The van der Waals surface area contributed by atoms with Gasteiger partial charge in [0.15, 0.2) is 0 Å². The summed E-state index contributed by atoms with van der Waals surface area (Å²) >= 11 is 0. The molecule has 2 N–H and O–H groups in total. The minimum atomic E-state index is -0.446. The van der Waals surface area contributed by atoms with E-state index in [1.807, 2.05) is 12.1 Å². The van der Waals surface area contributed by atoms with E-state index in [4.69, 9.17) is 5.73 Å². The van der Waals surface area contributed by atoms with Gasteiger partial charge in [0.2, 0.25) is 11.8 Å². The predicted octanol–water partition coefficient (Wildman–Crippen LogP) is 0.594. The number of nitrogens with zero attached hydrogens (tertiary/aromatic N) is 2. The number of carbonyl (C=O) groups is 2. The molecule has 1 heterocycles. The zero-order valence-electron chi connectivity index (χ0n) is 10.8. The third kappa shape index (κ3) is 4.53. The standard InChI is InChI=1S/C13H19N3O2/c1-10(9-12(14)17)13(18)16(2)8-5-11-3-6-15-7-4-11/h3-4,6-7,10H,5,8-9H2,1-2H3,(H2,14,17). The topological polar surface area (TPSA) is 76.3 Å². The summed E-state index contributed by atoms with van der Waals surface area (Å²) < 4.78 is 0. The lowest BCUT2D eigenvalue weighted by molar-refractivity contribution is -0.136. The van der Waals surface area contributed by atoms with Crippen molar-refractivity contribution in [3.8, 4) is 0 Å². The molecule has 98 valence electrons. The van der Waals surface area contributed by atoms with Gasteiger partial charge < -0.3 is 10.6 Å². The quantitative estimate of drug-likeness (QED) is 0.801. The lowest BCUT2D eigenvalue weighted by atomic mass is 10.1. The minimum absolute atomic E-state index is 0.0529. The first kappa shape index (κ1) is 14.2. The Morgan fingerprint density at radius 2 is 2.00 bits per heavy atom. The Hall–Kier alpha value is -1.91. The normalized spacial score (nSPS) is 11.9. The van der Waals surface area contributed by atoms with Crippen LogP contribution < -0.4 is 5.73 Å².